The minimum absolute atomic E-state index is 0.340. The summed E-state index contributed by atoms with van der Waals surface area (Å²) in [5, 5.41) is 0. The molecule has 16 heavy (non-hydrogen) atoms. The molecule has 6 heteroatoms. The highest BCUT2D eigenvalue weighted by molar-refractivity contribution is 7.98. The smallest absolute Gasteiger partial charge is 0.283 e. The van der Waals surface area contributed by atoms with Gasteiger partial charge >= 0.3 is 0 Å². The van der Waals surface area contributed by atoms with Crippen LogP contribution in [0, 0.1) is 0 Å². The predicted octanol–water partition coefficient (Wildman–Crippen LogP) is 0.565. The quantitative estimate of drug-likeness (QED) is 0.329. The third kappa shape index (κ3) is 4.18. The molecule has 88 valence electrons. The number of methoxy groups -OCH3 is 1. The summed E-state index contributed by atoms with van der Waals surface area (Å²) in [7, 11) is 1.67. The van der Waals surface area contributed by atoms with Crippen molar-refractivity contribution in [3.05, 3.63) is 29.6 Å². The number of ether oxygens (including phenoxy) is 1. The van der Waals surface area contributed by atoms with Crippen LogP contribution in [-0.4, -0.2) is 30.4 Å². The highest BCUT2D eigenvalue weighted by Crippen LogP contribution is 2.10. The van der Waals surface area contributed by atoms with Gasteiger partial charge in [0, 0.05) is 18.6 Å². The van der Waals surface area contributed by atoms with Crippen molar-refractivity contribution in [3.8, 4) is 0 Å². The van der Waals surface area contributed by atoms with E-state index in [2.05, 4.69) is 10.4 Å². The Hall–Kier alpha value is -1.11. The van der Waals surface area contributed by atoms with Gasteiger partial charge in [0.05, 0.1) is 12.3 Å². The van der Waals surface area contributed by atoms with Crippen molar-refractivity contribution in [2.24, 2.45) is 5.84 Å². The van der Waals surface area contributed by atoms with Crippen molar-refractivity contribution in [1.29, 1.82) is 0 Å². The molecule has 1 amide bonds. The monoisotopic (exact) mass is 241 g/mol. The number of nitrogens with zero attached hydrogens (tertiary/aromatic N) is 1. The number of hydrogen-bond acceptors (Lipinski definition) is 5. The van der Waals surface area contributed by atoms with Crippen LogP contribution in [-0.2, 0) is 10.5 Å². The van der Waals surface area contributed by atoms with Gasteiger partial charge in [-0.05, 0) is 12.1 Å². The van der Waals surface area contributed by atoms with Crippen molar-refractivity contribution >= 4 is 17.7 Å². The zero-order valence-corrected chi connectivity index (χ0v) is 9.92. The number of thioether (sulfide) groups is 1. The Morgan fingerprint density at radius 2 is 2.44 bits per heavy atom. The molecule has 1 rings (SSSR count). The summed E-state index contributed by atoms with van der Waals surface area (Å²) in [5.41, 5.74) is 3.26. The van der Waals surface area contributed by atoms with Gasteiger partial charge in [0.15, 0.2) is 0 Å². The minimum atomic E-state index is -0.372. The van der Waals surface area contributed by atoms with Gasteiger partial charge in [-0.15, -0.1) is 0 Å². The number of carbonyl (C=O) groups is 1. The number of hydrogen-bond donors (Lipinski definition) is 2. The average molecular weight is 241 g/mol. The van der Waals surface area contributed by atoms with E-state index in [0.717, 1.165) is 17.2 Å². The molecular weight excluding hydrogens is 226 g/mol. The summed E-state index contributed by atoms with van der Waals surface area (Å²) in [6.07, 6.45) is 0. The number of rotatable bonds is 6. The summed E-state index contributed by atoms with van der Waals surface area (Å²) in [6.45, 7) is 0.716. The molecule has 5 nitrogen and oxygen atoms in total. The van der Waals surface area contributed by atoms with Gasteiger partial charge in [-0.25, -0.2) is 10.8 Å². The number of nitrogens with two attached hydrogens (primary N) is 1. The lowest BCUT2D eigenvalue weighted by Crippen LogP contribution is -2.30. The first-order valence-corrected chi connectivity index (χ1v) is 5.97. The second-order valence-electron chi connectivity index (χ2n) is 3.03. The molecule has 0 atom stereocenters. The van der Waals surface area contributed by atoms with E-state index >= 15 is 0 Å². The van der Waals surface area contributed by atoms with Crippen LogP contribution in [0.25, 0.3) is 0 Å². The molecule has 0 aromatic carbocycles. The fourth-order valence-electron chi connectivity index (χ4n) is 1.08. The van der Waals surface area contributed by atoms with Crippen LogP contribution in [0.2, 0.25) is 0 Å². The first-order chi connectivity index (χ1) is 7.77. The predicted molar refractivity (Wildman–Crippen MR) is 63.9 cm³/mol. The zero-order valence-electron chi connectivity index (χ0n) is 9.10. The Balaban J connectivity index is 2.50. The fourth-order valence-corrected chi connectivity index (χ4v) is 1.88. The van der Waals surface area contributed by atoms with Gasteiger partial charge in [0.1, 0.15) is 5.69 Å². The topological polar surface area (TPSA) is 77.2 Å². The maximum Gasteiger partial charge on any atom is 0.283 e. The van der Waals surface area contributed by atoms with E-state index in [4.69, 9.17) is 10.6 Å². The van der Waals surface area contributed by atoms with Crippen molar-refractivity contribution < 1.29 is 9.53 Å². The molecule has 0 radical (unpaired) electrons. The molecule has 0 aliphatic carbocycles. The van der Waals surface area contributed by atoms with Crippen LogP contribution < -0.4 is 11.3 Å². The van der Waals surface area contributed by atoms with Crippen molar-refractivity contribution in [3.63, 3.8) is 0 Å². The Bertz CT molecular complexity index is 347. The molecule has 0 saturated heterocycles. The van der Waals surface area contributed by atoms with Gasteiger partial charge in [0.25, 0.3) is 5.91 Å². The Morgan fingerprint density at radius 1 is 1.62 bits per heavy atom. The summed E-state index contributed by atoms with van der Waals surface area (Å²) < 4.78 is 4.94. The van der Waals surface area contributed by atoms with E-state index in [-0.39, 0.29) is 5.91 Å². The van der Waals surface area contributed by atoms with E-state index in [1.54, 1.807) is 31.0 Å². The first kappa shape index (κ1) is 13.0. The maximum atomic E-state index is 11.2. The minimum Gasteiger partial charge on any atom is -0.384 e. The molecule has 1 heterocycles. The van der Waals surface area contributed by atoms with Gasteiger partial charge in [-0.2, -0.15) is 11.8 Å². The highest BCUT2D eigenvalue weighted by atomic mass is 32.2. The third-order valence-electron chi connectivity index (χ3n) is 1.85. The molecular formula is C10H15N3O2S. The molecule has 0 aliphatic rings. The zero-order chi connectivity index (χ0) is 11.8. The van der Waals surface area contributed by atoms with Crippen LogP contribution >= 0.6 is 11.8 Å². The molecule has 3 N–H and O–H groups in total. The third-order valence-corrected chi connectivity index (χ3v) is 2.81. The number of nitrogen functional groups attached to an aromatic ring is 1. The largest absolute Gasteiger partial charge is 0.384 e. The van der Waals surface area contributed by atoms with Crippen LogP contribution in [0.15, 0.2) is 18.2 Å². The Labute approximate surface area is 98.7 Å². The van der Waals surface area contributed by atoms with Crippen LogP contribution in [0.4, 0.5) is 0 Å². The van der Waals surface area contributed by atoms with Crippen LogP contribution in [0.5, 0.6) is 0 Å². The van der Waals surface area contributed by atoms with E-state index in [0.29, 0.717) is 12.3 Å². The molecule has 0 unspecified atom stereocenters. The summed E-state index contributed by atoms with van der Waals surface area (Å²) in [5.74, 6) is 6.33. The number of hydrazine groups is 1. The summed E-state index contributed by atoms with van der Waals surface area (Å²) in [6, 6.07) is 5.31. The second kappa shape index (κ2) is 7.21. The van der Waals surface area contributed by atoms with E-state index in [1.165, 1.54) is 0 Å². The molecule has 1 aromatic heterocycles. The maximum absolute atomic E-state index is 11.2. The van der Waals surface area contributed by atoms with Gasteiger partial charge in [-0.1, -0.05) is 6.07 Å². The Morgan fingerprint density at radius 3 is 3.12 bits per heavy atom. The number of pyridine rings is 1. The van der Waals surface area contributed by atoms with Crippen LogP contribution in [0.1, 0.15) is 16.2 Å². The number of aromatic nitrogens is 1. The normalized spacial score (nSPS) is 10.1. The lowest BCUT2D eigenvalue weighted by molar-refractivity contribution is 0.0948. The number of nitrogens with one attached hydrogen (secondary N) is 1. The summed E-state index contributed by atoms with van der Waals surface area (Å²) in [4.78, 5) is 15.4. The van der Waals surface area contributed by atoms with Crippen molar-refractivity contribution in [1.82, 2.24) is 10.4 Å². The van der Waals surface area contributed by atoms with E-state index < -0.39 is 0 Å². The van der Waals surface area contributed by atoms with Gasteiger partial charge in [-0.3, -0.25) is 10.2 Å². The second-order valence-corrected chi connectivity index (χ2v) is 4.14. The van der Waals surface area contributed by atoms with Crippen LogP contribution in [0.3, 0.4) is 0 Å². The summed E-state index contributed by atoms with van der Waals surface area (Å²) >= 11 is 1.71. The SMILES string of the molecule is COCCSCc1cccc(C(=O)NN)n1. The fraction of sp³-hybridized carbons (Fsp3) is 0.400. The molecule has 0 fully saturated rings. The van der Waals surface area contributed by atoms with Crippen molar-refractivity contribution in [2.75, 3.05) is 19.5 Å². The van der Waals surface area contributed by atoms with E-state index in [9.17, 15) is 4.79 Å². The van der Waals surface area contributed by atoms with Gasteiger partial charge < -0.3 is 4.74 Å². The van der Waals surface area contributed by atoms with E-state index in [1.807, 2.05) is 6.07 Å². The molecule has 0 aliphatic heterocycles. The lowest BCUT2D eigenvalue weighted by Gasteiger charge is -2.03. The molecule has 0 spiro atoms. The molecule has 1 aromatic rings. The number of carbonyl (C=O) groups excluding carboxylic acids is 1. The first-order valence-electron chi connectivity index (χ1n) is 4.81. The Kier molecular flexibility index (Phi) is 5.84. The standard InChI is InChI=1S/C10H15N3O2S/c1-15-5-6-16-7-8-3-2-4-9(12-8)10(14)13-11/h2-4H,5-7,11H2,1H3,(H,13,14). The number of amides is 1. The van der Waals surface area contributed by atoms with Gasteiger partial charge in [0.2, 0.25) is 0 Å². The van der Waals surface area contributed by atoms with Crippen molar-refractivity contribution in [2.45, 2.75) is 5.75 Å². The lowest BCUT2D eigenvalue weighted by atomic mass is 10.3. The average Bonchev–Trinajstić information content (AvgIpc) is 2.34. The highest BCUT2D eigenvalue weighted by Gasteiger charge is 2.05. The molecule has 0 saturated carbocycles. The molecule has 0 bridgehead atoms.